The lowest BCUT2D eigenvalue weighted by Crippen LogP contribution is -2.54. The van der Waals surface area contributed by atoms with Crippen molar-refractivity contribution in [1.29, 1.82) is 0 Å². The maximum Gasteiger partial charge on any atom is 0.233 e. The number of rotatable bonds is 2. The molecular formula is C22H30N2O3. The number of piperidine rings is 1. The van der Waals surface area contributed by atoms with Crippen molar-refractivity contribution in [3.8, 4) is 0 Å². The fourth-order valence-electron chi connectivity index (χ4n) is 5.14. The van der Waals surface area contributed by atoms with Crippen molar-refractivity contribution in [2.45, 2.75) is 62.4 Å². The van der Waals surface area contributed by atoms with Gasteiger partial charge in [0.1, 0.15) is 0 Å². The zero-order valence-electron chi connectivity index (χ0n) is 16.0. The summed E-state index contributed by atoms with van der Waals surface area (Å²) in [5, 5.41) is 2.88. The van der Waals surface area contributed by atoms with Gasteiger partial charge in [-0.1, -0.05) is 49.6 Å². The molecule has 1 aromatic carbocycles. The summed E-state index contributed by atoms with van der Waals surface area (Å²) < 4.78 is 6.06. The van der Waals surface area contributed by atoms with Crippen LogP contribution < -0.4 is 5.32 Å². The number of nitrogens with one attached hydrogen (secondary N) is 1. The summed E-state index contributed by atoms with van der Waals surface area (Å²) in [6.45, 7) is 2.51. The van der Waals surface area contributed by atoms with Gasteiger partial charge in [0.25, 0.3) is 0 Å². The molecular weight excluding hydrogens is 340 g/mol. The summed E-state index contributed by atoms with van der Waals surface area (Å²) in [6.07, 6.45) is 7.23. The van der Waals surface area contributed by atoms with E-state index in [0.29, 0.717) is 32.7 Å². The molecule has 1 aliphatic carbocycles. The van der Waals surface area contributed by atoms with E-state index in [1.807, 2.05) is 23.1 Å². The van der Waals surface area contributed by atoms with Gasteiger partial charge in [0.2, 0.25) is 11.8 Å². The molecule has 1 spiro atoms. The van der Waals surface area contributed by atoms with Gasteiger partial charge < -0.3 is 15.0 Å². The first-order chi connectivity index (χ1) is 13.1. The second kappa shape index (κ2) is 7.63. The predicted octanol–water partition coefficient (Wildman–Crippen LogP) is 2.79. The van der Waals surface area contributed by atoms with Gasteiger partial charge in [0.15, 0.2) is 0 Å². The van der Waals surface area contributed by atoms with Crippen LogP contribution in [0.4, 0.5) is 0 Å². The molecule has 5 nitrogen and oxygen atoms in total. The molecule has 5 heteroatoms. The molecule has 0 atom stereocenters. The van der Waals surface area contributed by atoms with E-state index in [-0.39, 0.29) is 22.8 Å². The Balaban J connectivity index is 1.51. The number of hydrogen-bond acceptors (Lipinski definition) is 3. The van der Waals surface area contributed by atoms with Crippen LogP contribution in [0.15, 0.2) is 30.3 Å². The third-order valence-electron chi connectivity index (χ3n) is 6.72. The standard InChI is InChI=1S/C22H30N2O3/c25-19-17-21(27-16-13-23-19)11-14-24(15-12-21)20(26)22(9-5-2-6-10-22)18-7-3-1-4-8-18/h1,3-4,7-8H,2,5-6,9-17H2,(H,23,25). The van der Waals surface area contributed by atoms with Crippen LogP contribution in [0.25, 0.3) is 0 Å². The second-order valence-corrected chi connectivity index (χ2v) is 8.36. The van der Waals surface area contributed by atoms with Crippen LogP contribution in [-0.4, -0.2) is 48.6 Å². The first-order valence-corrected chi connectivity index (χ1v) is 10.4. The third kappa shape index (κ3) is 3.62. The molecule has 0 bridgehead atoms. The molecule has 1 aromatic rings. The molecule has 146 valence electrons. The van der Waals surface area contributed by atoms with Crippen LogP contribution in [0.1, 0.15) is 56.9 Å². The molecule has 1 N–H and O–H groups in total. The average Bonchev–Trinajstić information content (AvgIpc) is 2.90. The van der Waals surface area contributed by atoms with Crippen LogP contribution in [0, 0.1) is 0 Å². The molecule has 3 fully saturated rings. The minimum atomic E-state index is -0.385. The van der Waals surface area contributed by atoms with Crippen molar-refractivity contribution in [3.05, 3.63) is 35.9 Å². The molecule has 0 aromatic heterocycles. The van der Waals surface area contributed by atoms with Gasteiger partial charge in [-0.05, 0) is 31.2 Å². The van der Waals surface area contributed by atoms with E-state index in [9.17, 15) is 9.59 Å². The molecule has 0 radical (unpaired) electrons. The summed E-state index contributed by atoms with van der Waals surface area (Å²) in [5.41, 5.74) is 0.412. The quantitative estimate of drug-likeness (QED) is 0.871. The van der Waals surface area contributed by atoms with Gasteiger partial charge >= 0.3 is 0 Å². The summed E-state index contributed by atoms with van der Waals surface area (Å²) in [4.78, 5) is 27.7. The van der Waals surface area contributed by atoms with Gasteiger partial charge in [0.05, 0.1) is 24.0 Å². The van der Waals surface area contributed by atoms with Crippen molar-refractivity contribution < 1.29 is 14.3 Å². The largest absolute Gasteiger partial charge is 0.372 e. The van der Waals surface area contributed by atoms with Gasteiger partial charge in [0, 0.05) is 19.6 Å². The molecule has 3 aliphatic rings. The fraction of sp³-hybridized carbons (Fsp3) is 0.636. The zero-order chi connectivity index (χ0) is 18.7. The highest BCUT2D eigenvalue weighted by molar-refractivity contribution is 5.88. The molecule has 27 heavy (non-hydrogen) atoms. The number of carbonyl (C=O) groups is 2. The van der Waals surface area contributed by atoms with Crippen LogP contribution >= 0.6 is 0 Å². The van der Waals surface area contributed by atoms with Gasteiger partial charge in [-0.15, -0.1) is 0 Å². The third-order valence-corrected chi connectivity index (χ3v) is 6.72. The Morgan fingerprint density at radius 3 is 2.41 bits per heavy atom. The molecule has 2 heterocycles. The summed E-state index contributed by atoms with van der Waals surface area (Å²) >= 11 is 0. The van der Waals surface area contributed by atoms with Crippen molar-refractivity contribution in [2.24, 2.45) is 0 Å². The lowest BCUT2D eigenvalue weighted by Gasteiger charge is -2.45. The number of likely N-dealkylation sites (tertiary alicyclic amines) is 1. The van der Waals surface area contributed by atoms with E-state index in [2.05, 4.69) is 17.4 Å². The SMILES string of the molecule is O=C1CC2(CCN(C(=O)C3(c4ccccc4)CCCCC3)CC2)OCCN1. The maximum atomic E-state index is 13.7. The number of amides is 2. The predicted molar refractivity (Wildman–Crippen MR) is 103 cm³/mol. The Hall–Kier alpha value is -1.88. The average molecular weight is 370 g/mol. The van der Waals surface area contributed by atoms with Gasteiger partial charge in [-0.3, -0.25) is 9.59 Å². The molecule has 4 rings (SSSR count). The molecule has 1 saturated carbocycles. The Kier molecular flexibility index (Phi) is 5.22. The lowest BCUT2D eigenvalue weighted by molar-refractivity contribution is -0.146. The van der Waals surface area contributed by atoms with E-state index >= 15 is 0 Å². The van der Waals surface area contributed by atoms with Crippen molar-refractivity contribution in [2.75, 3.05) is 26.2 Å². The molecule has 2 amide bonds. The van der Waals surface area contributed by atoms with E-state index in [1.54, 1.807) is 0 Å². The lowest BCUT2D eigenvalue weighted by atomic mass is 9.68. The minimum absolute atomic E-state index is 0.0697. The van der Waals surface area contributed by atoms with E-state index in [0.717, 1.165) is 38.5 Å². The maximum absolute atomic E-state index is 13.7. The number of hydrogen-bond donors (Lipinski definition) is 1. The summed E-state index contributed by atoms with van der Waals surface area (Å²) in [7, 11) is 0. The molecule has 0 unspecified atom stereocenters. The Morgan fingerprint density at radius 1 is 1.00 bits per heavy atom. The van der Waals surface area contributed by atoms with Crippen molar-refractivity contribution in [1.82, 2.24) is 10.2 Å². The number of nitrogens with zero attached hydrogens (tertiary/aromatic N) is 1. The van der Waals surface area contributed by atoms with E-state index in [1.165, 1.54) is 12.0 Å². The number of benzene rings is 1. The van der Waals surface area contributed by atoms with Crippen molar-refractivity contribution >= 4 is 11.8 Å². The van der Waals surface area contributed by atoms with Crippen LogP contribution in [0.2, 0.25) is 0 Å². The first-order valence-electron chi connectivity index (χ1n) is 10.4. The highest BCUT2D eigenvalue weighted by Gasteiger charge is 2.46. The normalized spacial score (nSPS) is 24.9. The number of ether oxygens (including phenoxy) is 1. The van der Waals surface area contributed by atoms with Crippen LogP contribution in [0.5, 0.6) is 0 Å². The fourth-order valence-corrected chi connectivity index (χ4v) is 5.14. The highest BCUT2D eigenvalue weighted by Crippen LogP contribution is 2.42. The Labute approximate surface area is 161 Å². The van der Waals surface area contributed by atoms with Gasteiger partial charge in [-0.25, -0.2) is 0 Å². The highest BCUT2D eigenvalue weighted by atomic mass is 16.5. The Morgan fingerprint density at radius 2 is 1.70 bits per heavy atom. The van der Waals surface area contributed by atoms with E-state index in [4.69, 9.17) is 4.74 Å². The van der Waals surface area contributed by atoms with Crippen molar-refractivity contribution in [3.63, 3.8) is 0 Å². The molecule has 2 aliphatic heterocycles. The van der Waals surface area contributed by atoms with E-state index < -0.39 is 0 Å². The summed E-state index contributed by atoms with van der Waals surface area (Å²) in [5.74, 6) is 0.349. The first kappa shape index (κ1) is 18.5. The van der Waals surface area contributed by atoms with Crippen LogP contribution in [-0.2, 0) is 19.7 Å². The second-order valence-electron chi connectivity index (χ2n) is 8.36. The number of carbonyl (C=O) groups excluding carboxylic acids is 2. The van der Waals surface area contributed by atoms with Crippen LogP contribution in [0.3, 0.4) is 0 Å². The van der Waals surface area contributed by atoms with Gasteiger partial charge in [-0.2, -0.15) is 0 Å². The monoisotopic (exact) mass is 370 g/mol. The minimum Gasteiger partial charge on any atom is -0.372 e. The topological polar surface area (TPSA) is 58.6 Å². The molecule has 2 saturated heterocycles. The zero-order valence-corrected chi connectivity index (χ0v) is 16.0. The summed E-state index contributed by atoms with van der Waals surface area (Å²) in [6, 6.07) is 10.3. The Bertz CT molecular complexity index is 674. The smallest absolute Gasteiger partial charge is 0.233 e.